The van der Waals surface area contributed by atoms with Crippen LogP contribution in [-0.4, -0.2) is 4.40 Å². The molecule has 0 bridgehead atoms. The molecule has 6 aromatic carbocycles. The van der Waals surface area contributed by atoms with Crippen LogP contribution in [0.4, 0.5) is 11.4 Å². The highest BCUT2D eigenvalue weighted by Gasteiger charge is 2.37. The Bertz CT molecular complexity index is 2970. The maximum absolute atomic E-state index is 2.58. The summed E-state index contributed by atoms with van der Waals surface area (Å²) in [6, 6.07) is 47.9. The maximum atomic E-state index is 2.58. The molecule has 2 atom stereocenters. The molecule has 0 saturated heterocycles. The lowest BCUT2D eigenvalue weighted by molar-refractivity contribution is 0.661. The van der Waals surface area contributed by atoms with Crippen LogP contribution in [0.3, 0.4) is 0 Å². The van der Waals surface area contributed by atoms with Gasteiger partial charge in [-0.3, -0.25) is 0 Å². The molecule has 9 aromatic rings. The fraction of sp³-hybridized carbons (Fsp3) is 0.0833. The molecule has 0 aliphatic heterocycles. The van der Waals surface area contributed by atoms with E-state index in [1.54, 1.807) is 0 Å². The summed E-state index contributed by atoms with van der Waals surface area (Å²) in [4.78, 5) is 2.58. The van der Waals surface area contributed by atoms with Gasteiger partial charge in [-0.25, -0.2) is 0 Å². The second-order valence-corrected chi connectivity index (χ2v) is 15.5. The summed E-state index contributed by atoms with van der Waals surface area (Å²) in [6.07, 6.45) is 13.8. The maximum Gasteiger partial charge on any atom is 0.0622 e. The van der Waals surface area contributed by atoms with E-state index < -0.39 is 0 Å². The number of hydrogen-bond donors (Lipinski definition) is 0. The summed E-state index contributed by atoms with van der Waals surface area (Å²) in [5, 5.41) is 7.86. The minimum atomic E-state index is 0.310. The summed E-state index contributed by atoms with van der Waals surface area (Å²) in [6.45, 7) is 0. The first-order valence-corrected chi connectivity index (χ1v) is 18.9. The Morgan fingerprint density at radius 1 is 0.529 bits per heavy atom. The van der Waals surface area contributed by atoms with E-state index in [1.165, 1.54) is 97.6 Å². The highest BCUT2D eigenvalue weighted by atomic mass is 32.1. The zero-order valence-corrected chi connectivity index (χ0v) is 28.7. The van der Waals surface area contributed by atoms with E-state index in [1.807, 2.05) is 11.3 Å². The molecular weight excluding hydrogens is 637 g/mol. The lowest BCUT2D eigenvalue weighted by atomic mass is 9.66. The van der Waals surface area contributed by atoms with Crippen LogP contribution in [0.2, 0.25) is 0 Å². The largest absolute Gasteiger partial charge is 0.314 e. The summed E-state index contributed by atoms with van der Waals surface area (Å²) in [5.74, 6) is 0.753. The number of benzene rings is 6. The van der Waals surface area contributed by atoms with Crippen LogP contribution < -0.4 is 4.90 Å². The van der Waals surface area contributed by atoms with Crippen molar-refractivity contribution in [1.29, 1.82) is 0 Å². The van der Waals surface area contributed by atoms with Gasteiger partial charge in [-0.1, -0.05) is 103 Å². The molecule has 3 aliphatic rings. The van der Waals surface area contributed by atoms with Crippen molar-refractivity contribution >= 4 is 81.0 Å². The highest BCUT2D eigenvalue weighted by Crippen LogP contribution is 2.54. The molecule has 3 aromatic heterocycles. The van der Waals surface area contributed by atoms with Crippen LogP contribution in [0, 0.1) is 0 Å². The fourth-order valence-corrected chi connectivity index (χ4v) is 10.8. The van der Waals surface area contributed by atoms with Crippen molar-refractivity contribution in [2.75, 3.05) is 4.90 Å². The first-order valence-electron chi connectivity index (χ1n) is 18.1. The number of anilines is 2. The number of fused-ring (bicyclic) bond motifs is 15. The molecule has 2 unspecified atom stereocenters. The van der Waals surface area contributed by atoms with E-state index in [2.05, 4.69) is 167 Å². The highest BCUT2D eigenvalue weighted by molar-refractivity contribution is 7.25. The molecule has 240 valence electrons. The fourth-order valence-electron chi connectivity index (χ4n) is 9.69. The predicted molar refractivity (Wildman–Crippen MR) is 217 cm³/mol. The molecule has 0 amide bonds. The van der Waals surface area contributed by atoms with E-state index in [0.717, 1.165) is 12.8 Å². The first kappa shape index (κ1) is 27.9. The van der Waals surface area contributed by atoms with Crippen molar-refractivity contribution in [3.8, 4) is 0 Å². The number of rotatable bonds is 3. The van der Waals surface area contributed by atoms with Crippen LogP contribution in [0.25, 0.3) is 58.3 Å². The van der Waals surface area contributed by atoms with Crippen molar-refractivity contribution in [3.63, 3.8) is 0 Å². The Kier molecular flexibility index (Phi) is 5.64. The van der Waals surface area contributed by atoms with E-state index in [4.69, 9.17) is 0 Å². The normalized spacial score (nSPS) is 18.3. The summed E-state index contributed by atoms with van der Waals surface area (Å²) in [7, 11) is 0. The van der Waals surface area contributed by atoms with Crippen LogP contribution in [0.15, 0.2) is 175 Å². The molecule has 0 saturated carbocycles. The van der Waals surface area contributed by atoms with Gasteiger partial charge in [0.25, 0.3) is 0 Å². The standard InChI is InChI=1S/C48H32N2S/c1-2-13-34-32(11-1)33-12-3-4-14-35(33)40-25-29(21-23-36(34)40)49(30-22-24-47-41(26-30)39-17-7-10-20-46(39)51-47)31-27-42-37-15-5-8-18-44(37)50-45-19-9-6-16-38(45)43(28-31)48(42)50/h1-10,12-24,26-28,32,40H,11,25H2. The molecule has 2 nitrogen and oxygen atoms in total. The van der Waals surface area contributed by atoms with Gasteiger partial charge in [-0.05, 0) is 89.7 Å². The molecule has 0 fully saturated rings. The van der Waals surface area contributed by atoms with E-state index in [-0.39, 0.29) is 0 Å². The van der Waals surface area contributed by atoms with E-state index in [0.29, 0.717) is 11.8 Å². The molecular formula is C48H32N2S. The monoisotopic (exact) mass is 668 g/mol. The third-order valence-corrected chi connectivity index (χ3v) is 13.0. The summed E-state index contributed by atoms with van der Waals surface area (Å²) in [5.41, 5.74) is 13.5. The zero-order chi connectivity index (χ0) is 33.2. The number of hydrogen-bond acceptors (Lipinski definition) is 2. The van der Waals surface area contributed by atoms with Gasteiger partial charge in [-0.2, -0.15) is 0 Å². The van der Waals surface area contributed by atoms with Gasteiger partial charge in [0.1, 0.15) is 0 Å². The summed E-state index contributed by atoms with van der Waals surface area (Å²) < 4.78 is 5.14. The van der Waals surface area contributed by atoms with Crippen molar-refractivity contribution in [3.05, 3.63) is 186 Å². The Morgan fingerprint density at radius 3 is 1.94 bits per heavy atom. The Labute approximate surface area is 299 Å². The minimum absolute atomic E-state index is 0.310. The van der Waals surface area contributed by atoms with Crippen molar-refractivity contribution < 1.29 is 0 Å². The molecule has 0 radical (unpaired) electrons. The smallest absolute Gasteiger partial charge is 0.0622 e. The average molecular weight is 669 g/mol. The predicted octanol–water partition coefficient (Wildman–Crippen LogP) is 13.3. The molecule has 3 heteroatoms. The molecule has 0 N–H and O–H groups in total. The topological polar surface area (TPSA) is 7.65 Å². The second-order valence-electron chi connectivity index (χ2n) is 14.4. The Hall–Kier alpha value is -5.90. The molecule has 3 heterocycles. The number of para-hydroxylation sites is 2. The number of nitrogens with zero attached hydrogens (tertiary/aromatic N) is 2. The summed E-state index contributed by atoms with van der Waals surface area (Å²) >= 11 is 1.88. The molecule has 51 heavy (non-hydrogen) atoms. The van der Waals surface area contributed by atoms with Crippen molar-refractivity contribution in [2.24, 2.45) is 0 Å². The minimum Gasteiger partial charge on any atom is -0.314 e. The SMILES string of the molecule is C1=CCC2C(=C1)C1=CC=C(N(c3ccc4sc5ccccc5c4c3)c3cc4c5ccccc5n5c6ccccc6c(c3)c45)CC1c1ccccc12. The van der Waals surface area contributed by atoms with Crippen LogP contribution in [0.5, 0.6) is 0 Å². The van der Waals surface area contributed by atoms with Gasteiger partial charge in [0.05, 0.1) is 16.6 Å². The van der Waals surface area contributed by atoms with E-state index >= 15 is 0 Å². The van der Waals surface area contributed by atoms with Crippen molar-refractivity contribution in [1.82, 2.24) is 4.40 Å². The lowest BCUT2D eigenvalue weighted by Gasteiger charge is -2.41. The van der Waals surface area contributed by atoms with Gasteiger partial charge in [0.2, 0.25) is 0 Å². The number of thiophene rings is 1. The van der Waals surface area contributed by atoms with Gasteiger partial charge in [0.15, 0.2) is 0 Å². The van der Waals surface area contributed by atoms with Gasteiger partial charge in [0, 0.05) is 70.6 Å². The van der Waals surface area contributed by atoms with Crippen LogP contribution in [0.1, 0.15) is 35.8 Å². The quantitative estimate of drug-likeness (QED) is 0.182. The van der Waals surface area contributed by atoms with Gasteiger partial charge in [-0.15, -0.1) is 11.3 Å². The Morgan fingerprint density at radius 2 is 1.16 bits per heavy atom. The van der Waals surface area contributed by atoms with Crippen molar-refractivity contribution in [2.45, 2.75) is 24.7 Å². The third kappa shape index (κ3) is 3.82. The third-order valence-electron chi connectivity index (χ3n) is 11.8. The van der Waals surface area contributed by atoms with Crippen LogP contribution in [-0.2, 0) is 0 Å². The number of allylic oxidation sites excluding steroid dienone is 8. The van der Waals surface area contributed by atoms with E-state index in [9.17, 15) is 0 Å². The first-order chi connectivity index (χ1) is 25.3. The number of aromatic nitrogens is 1. The van der Waals surface area contributed by atoms with Crippen LogP contribution >= 0.6 is 11.3 Å². The lowest BCUT2D eigenvalue weighted by Crippen LogP contribution is -2.26. The molecule has 12 rings (SSSR count). The second kappa shape index (κ2) is 10.3. The zero-order valence-electron chi connectivity index (χ0n) is 27.9. The van der Waals surface area contributed by atoms with Gasteiger partial charge < -0.3 is 9.30 Å². The average Bonchev–Trinajstić information content (AvgIpc) is 3.85. The molecule has 0 spiro atoms. The van der Waals surface area contributed by atoms with Gasteiger partial charge >= 0.3 is 0 Å². The Balaban J connectivity index is 1.14. The molecule has 3 aliphatic carbocycles.